The Balaban J connectivity index is 2.47. The lowest BCUT2D eigenvalue weighted by Gasteiger charge is -2.37. The molecule has 0 atom stereocenters. The summed E-state index contributed by atoms with van der Waals surface area (Å²) in [5, 5.41) is 8.58. The highest BCUT2D eigenvalue weighted by atomic mass is 32.3. The van der Waals surface area contributed by atoms with E-state index in [1.165, 1.54) is 6.08 Å². The van der Waals surface area contributed by atoms with Crippen LogP contribution >= 0.6 is 10.8 Å². The topological polar surface area (TPSA) is 84.6 Å². The summed E-state index contributed by atoms with van der Waals surface area (Å²) in [6.07, 6.45) is 1.29. The lowest BCUT2D eigenvalue weighted by atomic mass is 10.1. The molecule has 0 aromatic heterocycles. The number of allylic oxidation sites excluding steroid dienone is 1. The van der Waals surface area contributed by atoms with Crippen molar-refractivity contribution >= 4 is 16.7 Å². The van der Waals surface area contributed by atoms with E-state index in [9.17, 15) is 13.9 Å². The minimum Gasteiger partial charge on any atom is -0.277 e. The van der Waals surface area contributed by atoms with Crippen LogP contribution in [0.1, 0.15) is 22.8 Å². The Morgan fingerprint density at radius 1 is 1.53 bits per heavy atom. The first-order chi connectivity index (χ1) is 8.89. The summed E-state index contributed by atoms with van der Waals surface area (Å²) < 4.78 is 21.5. The SMILES string of the molecule is CC(=CC#N)CN1C(=O)c2c(C)cccc2S1(O)O. The van der Waals surface area contributed by atoms with E-state index >= 15 is 0 Å². The van der Waals surface area contributed by atoms with Gasteiger partial charge in [0.1, 0.15) is 0 Å². The Kier molecular flexibility index (Phi) is 3.37. The average molecular weight is 278 g/mol. The van der Waals surface area contributed by atoms with Crippen molar-refractivity contribution < 1.29 is 13.9 Å². The Morgan fingerprint density at radius 2 is 2.21 bits per heavy atom. The first kappa shape index (κ1) is 13.6. The molecule has 0 spiro atoms. The van der Waals surface area contributed by atoms with Crippen LogP contribution in [0.2, 0.25) is 0 Å². The third kappa shape index (κ3) is 2.12. The summed E-state index contributed by atoms with van der Waals surface area (Å²) in [4.78, 5) is 12.6. The largest absolute Gasteiger partial charge is 0.277 e. The maximum atomic E-state index is 12.3. The van der Waals surface area contributed by atoms with Gasteiger partial charge >= 0.3 is 0 Å². The van der Waals surface area contributed by atoms with Crippen LogP contribution in [0.15, 0.2) is 34.7 Å². The molecule has 6 heteroatoms. The van der Waals surface area contributed by atoms with Gasteiger partial charge in [-0.25, -0.2) is 4.31 Å². The number of nitriles is 1. The average Bonchev–Trinajstić information content (AvgIpc) is 2.52. The van der Waals surface area contributed by atoms with Gasteiger partial charge in [0, 0.05) is 6.08 Å². The molecule has 1 heterocycles. The summed E-state index contributed by atoms with van der Waals surface area (Å²) in [7, 11) is -3.30. The summed E-state index contributed by atoms with van der Waals surface area (Å²) in [6.45, 7) is 3.46. The van der Waals surface area contributed by atoms with Crippen LogP contribution in [0.4, 0.5) is 0 Å². The molecule has 0 bridgehead atoms. The van der Waals surface area contributed by atoms with E-state index in [0.29, 0.717) is 16.7 Å². The normalized spacial score (nSPS) is 19.0. The van der Waals surface area contributed by atoms with Crippen molar-refractivity contribution in [3.8, 4) is 6.07 Å². The second-order valence-electron chi connectivity index (χ2n) is 4.43. The van der Waals surface area contributed by atoms with E-state index in [2.05, 4.69) is 0 Å². The zero-order chi connectivity index (χ0) is 14.2. The fourth-order valence-electron chi connectivity index (χ4n) is 2.05. The second-order valence-corrected chi connectivity index (χ2v) is 6.35. The van der Waals surface area contributed by atoms with Crippen LogP contribution in [0.3, 0.4) is 0 Å². The summed E-state index contributed by atoms with van der Waals surface area (Å²) in [5.41, 5.74) is 1.67. The molecule has 1 amide bonds. The van der Waals surface area contributed by atoms with Gasteiger partial charge in [0.2, 0.25) is 0 Å². The number of aryl methyl sites for hydroxylation is 1. The maximum Gasteiger partial charge on any atom is 0.274 e. The number of hydrogen-bond donors (Lipinski definition) is 2. The number of fused-ring (bicyclic) bond motifs is 1. The maximum absolute atomic E-state index is 12.3. The zero-order valence-corrected chi connectivity index (χ0v) is 11.4. The third-order valence-corrected chi connectivity index (χ3v) is 4.82. The lowest BCUT2D eigenvalue weighted by Crippen LogP contribution is -2.29. The molecule has 2 N–H and O–H groups in total. The monoisotopic (exact) mass is 278 g/mol. The van der Waals surface area contributed by atoms with Gasteiger partial charge in [0.25, 0.3) is 5.91 Å². The molecular formula is C13H14N2O3S. The standard InChI is InChI=1S/C13H14N2O3S/c1-9(6-7-14)8-15-13(16)12-10(2)4-3-5-11(12)19(15,17)18/h3-6,17-18H,8H2,1-2H3. The smallest absolute Gasteiger partial charge is 0.274 e. The number of rotatable bonds is 2. The molecule has 100 valence electrons. The van der Waals surface area contributed by atoms with Crippen molar-refractivity contribution in [3.05, 3.63) is 41.0 Å². The Morgan fingerprint density at radius 3 is 2.79 bits per heavy atom. The van der Waals surface area contributed by atoms with E-state index in [-0.39, 0.29) is 11.4 Å². The van der Waals surface area contributed by atoms with Crippen LogP contribution in [-0.2, 0) is 0 Å². The quantitative estimate of drug-likeness (QED) is 0.814. The highest BCUT2D eigenvalue weighted by molar-refractivity contribution is 8.23. The van der Waals surface area contributed by atoms with Crippen LogP contribution in [-0.4, -0.2) is 25.9 Å². The van der Waals surface area contributed by atoms with Gasteiger partial charge in [-0.3, -0.25) is 13.9 Å². The Bertz CT molecular complexity index is 617. The van der Waals surface area contributed by atoms with Crippen LogP contribution in [0.25, 0.3) is 0 Å². The van der Waals surface area contributed by atoms with Gasteiger partial charge in [0.15, 0.2) is 0 Å². The fourth-order valence-corrected chi connectivity index (χ4v) is 3.77. The molecule has 1 aliphatic rings. The molecule has 1 aromatic rings. The van der Waals surface area contributed by atoms with Gasteiger partial charge < -0.3 is 0 Å². The molecule has 19 heavy (non-hydrogen) atoms. The predicted molar refractivity (Wildman–Crippen MR) is 72.7 cm³/mol. The Hall–Kier alpha value is -1.81. The number of carbonyl (C=O) groups is 1. The second kappa shape index (κ2) is 4.70. The number of carbonyl (C=O) groups excluding carboxylic acids is 1. The highest BCUT2D eigenvalue weighted by Gasteiger charge is 2.42. The Labute approximate surface area is 113 Å². The summed E-state index contributed by atoms with van der Waals surface area (Å²) in [5.74, 6) is -0.404. The van der Waals surface area contributed by atoms with E-state index < -0.39 is 16.7 Å². The van der Waals surface area contributed by atoms with E-state index in [1.807, 2.05) is 6.07 Å². The molecule has 0 saturated heterocycles. The van der Waals surface area contributed by atoms with E-state index in [4.69, 9.17) is 5.26 Å². The number of amides is 1. The van der Waals surface area contributed by atoms with Gasteiger partial charge in [-0.1, -0.05) is 22.9 Å². The number of hydrogen-bond acceptors (Lipinski definition) is 4. The third-order valence-electron chi connectivity index (χ3n) is 2.98. The van der Waals surface area contributed by atoms with Crippen molar-refractivity contribution in [1.29, 1.82) is 5.26 Å². The predicted octanol–water partition coefficient (Wildman–Crippen LogP) is 2.95. The minimum atomic E-state index is -3.30. The summed E-state index contributed by atoms with van der Waals surface area (Å²) >= 11 is 0. The molecule has 0 aliphatic carbocycles. The molecule has 0 fully saturated rings. The van der Waals surface area contributed by atoms with E-state index in [0.717, 1.165) is 4.31 Å². The molecule has 1 aromatic carbocycles. The number of nitrogens with zero attached hydrogens (tertiary/aromatic N) is 2. The van der Waals surface area contributed by atoms with Gasteiger partial charge in [0.05, 0.1) is 23.1 Å². The molecule has 2 rings (SSSR count). The molecule has 0 saturated carbocycles. The first-order valence-electron chi connectivity index (χ1n) is 5.64. The zero-order valence-electron chi connectivity index (χ0n) is 10.6. The van der Waals surface area contributed by atoms with Crippen LogP contribution < -0.4 is 0 Å². The first-order valence-corrected chi connectivity index (χ1v) is 7.15. The van der Waals surface area contributed by atoms with Gasteiger partial charge in [-0.15, -0.1) is 0 Å². The molecule has 1 aliphatic heterocycles. The van der Waals surface area contributed by atoms with Crippen LogP contribution in [0, 0.1) is 18.3 Å². The number of benzene rings is 1. The van der Waals surface area contributed by atoms with Gasteiger partial charge in [-0.2, -0.15) is 5.26 Å². The fraction of sp³-hybridized carbons (Fsp3) is 0.231. The van der Waals surface area contributed by atoms with Crippen LogP contribution in [0.5, 0.6) is 0 Å². The van der Waals surface area contributed by atoms with Crippen molar-refractivity contribution in [3.63, 3.8) is 0 Å². The van der Waals surface area contributed by atoms with Crippen molar-refractivity contribution in [1.82, 2.24) is 4.31 Å². The van der Waals surface area contributed by atoms with Crippen molar-refractivity contribution in [2.45, 2.75) is 18.7 Å². The minimum absolute atomic E-state index is 0.0306. The highest BCUT2D eigenvalue weighted by Crippen LogP contribution is 2.59. The van der Waals surface area contributed by atoms with Crippen molar-refractivity contribution in [2.24, 2.45) is 0 Å². The van der Waals surface area contributed by atoms with Crippen molar-refractivity contribution in [2.75, 3.05) is 6.54 Å². The molecule has 0 unspecified atom stereocenters. The van der Waals surface area contributed by atoms with E-state index in [1.54, 1.807) is 32.0 Å². The van der Waals surface area contributed by atoms with Gasteiger partial charge in [-0.05, 0) is 31.1 Å². The lowest BCUT2D eigenvalue weighted by molar-refractivity contribution is 0.0870. The molecule has 5 nitrogen and oxygen atoms in total. The molecular weight excluding hydrogens is 264 g/mol. The summed E-state index contributed by atoms with van der Waals surface area (Å²) in [6, 6.07) is 6.87. The molecule has 0 radical (unpaired) electrons.